The number of alkyl carbamates (subject to hydrolysis) is 1. The zero-order valence-electron chi connectivity index (χ0n) is 12.5. The number of carbonyl (C=O) groups is 2. The summed E-state index contributed by atoms with van der Waals surface area (Å²) in [5.41, 5.74) is 1.09. The Balaban J connectivity index is 1.42. The van der Waals surface area contributed by atoms with Gasteiger partial charge in [0.1, 0.15) is 6.61 Å². The largest absolute Gasteiger partial charge is 0.481 e. The van der Waals surface area contributed by atoms with Crippen molar-refractivity contribution in [1.82, 2.24) is 5.32 Å². The van der Waals surface area contributed by atoms with E-state index < -0.39 is 5.97 Å². The van der Waals surface area contributed by atoms with Crippen LogP contribution in [0.25, 0.3) is 0 Å². The summed E-state index contributed by atoms with van der Waals surface area (Å²) in [4.78, 5) is 22.8. The zero-order valence-corrected chi connectivity index (χ0v) is 12.5. The maximum atomic E-state index is 11.8. The van der Waals surface area contributed by atoms with Gasteiger partial charge in [0, 0.05) is 6.04 Å². The summed E-state index contributed by atoms with van der Waals surface area (Å²) in [5.74, 6) is -0.904. The normalized spacial score (nSPS) is 29.8. The Bertz CT molecular complexity index is 549. The van der Waals surface area contributed by atoms with Crippen molar-refractivity contribution in [1.29, 1.82) is 0 Å². The van der Waals surface area contributed by atoms with Crippen molar-refractivity contribution < 1.29 is 19.4 Å². The minimum absolute atomic E-state index is 0.123. The highest BCUT2D eigenvalue weighted by Gasteiger charge is 2.56. The average molecular weight is 303 g/mol. The van der Waals surface area contributed by atoms with Crippen molar-refractivity contribution in [2.24, 2.45) is 11.3 Å². The SMILES string of the molecule is O=C(NC1CC12CCC(C(=O)O)CC2)OCc1ccccc1. The van der Waals surface area contributed by atoms with Gasteiger partial charge in [0.25, 0.3) is 0 Å². The number of ether oxygens (including phenoxy) is 1. The molecule has 118 valence electrons. The van der Waals surface area contributed by atoms with E-state index in [4.69, 9.17) is 9.84 Å². The summed E-state index contributed by atoms with van der Waals surface area (Å²) in [6.07, 6.45) is 3.76. The topological polar surface area (TPSA) is 75.6 Å². The third-order valence-electron chi connectivity index (χ3n) is 5.03. The Morgan fingerprint density at radius 2 is 1.91 bits per heavy atom. The van der Waals surface area contributed by atoms with Gasteiger partial charge in [-0.2, -0.15) is 0 Å². The molecule has 5 heteroatoms. The number of rotatable bonds is 4. The van der Waals surface area contributed by atoms with Gasteiger partial charge in [-0.1, -0.05) is 30.3 Å². The fourth-order valence-corrected chi connectivity index (χ4v) is 3.45. The van der Waals surface area contributed by atoms with Gasteiger partial charge in [0.15, 0.2) is 0 Å². The first-order chi connectivity index (χ1) is 10.6. The quantitative estimate of drug-likeness (QED) is 0.896. The smallest absolute Gasteiger partial charge is 0.407 e. The van der Waals surface area contributed by atoms with E-state index in [0.717, 1.165) is 24.8 Å². The van der Waals surface area contributed by atoms with Crippen LogP contribution >= 0.6 is 0 Å². The Morgan fingerprint density at radius 3 is 2.55 bits per heavy atom. The third-order valence-corrected chi connectivity index (χ3v) is 5.03. The number of nitrogens with one attached hydrogen (secondary N) is 1. The maximum absolute atomic E-state index is 11.8. The molecule has 1 spiro atoms. The van der Waals surface area contributed by atoms with Gasteiger partial charge in [0.05, 0.1) is 5.92 Å². The monoisotopic (exact) mass is 303 g/mol. The third kappa shape index (κ3) is 3.24. The van der Waals surface area contributed by atoms with Gasteiger partial charge in [-0.05, 0) is 43.1 Å². The Morgan fingerprint density at radius 1 is 1.23 bits per heavy atom. The number of carboxylic acids is 1. The summed E-state index contributed by atoms with van der Waals surface area (Å²) in [7, 11) is 0. The van der Waals surface area contributed by atoms with Crippen LogP contribution in [0.3, 0.4) is 0 Å². The Hall–Kier alpha value is -2.04. The highest BCUT2D eigenvalue weighted by Crippen LogP contribution is 2.57. The Kier molecular flexibility index (Phi) is 4.05. The average Bonchev–Trinajstić information content (AvgIpc) is 3.18. The molecule has 22 heavy (non-hydrogen) atoms. The predicted molar refractivity (Wildman–Crippen MR) is 80.2 cm³/mol. The minimum atomic E-state index is -0.692. The van der Waals surface area contributed by atoms with Gasteiger partial charge in [-0.15, -0.1) is 0 Å². The van der Waals surface area contributed by atoms with E-state index >= 15 is 0 Å². The lowest BCUT2D eigenvalue weighted by Gasteiger charge is -2.26. The van der Waals surface area contributed by atoms with E-state index in [1.807, 2.05) is 30.3 Å². The first-order valence-corrected chi connectivity index (χ1v) is 7.79. The molecule has 5 nitrogen and oxygen atoms in total. The van der Waals surface area contributed by atoms with Crippen molar-refractivity contribution >= 4 is 12.1 Å². The lowest BCUT2D eigenvalue weighted by atomic mass is 9.79. The van der Waals surface area contributed by atoms with Gasteiger partial charge in [-0.25, -0.2) is 4.79 Å². The second-order valence-corrected chi connectivity index (χ2v) is 6.44. The van der Waals surface area contributed by atoms with Crippen molar-refractivity contribution in [3.8, 4) is 0 Å². The highest BCUT2D eigenvalue weighted by atomic mass is 16.5. The fourth-order valence-electron chi connectivity index (χ4n) is 3.45. The summed E-state index contributed by atoms with van der Waals surface area (Å²) in [6, 6.07) is 9.72. The molecule has 0 heterocycles. The number of hydrogen-bond acceptors (Lipinski definition) is 3. The molecule has 1 aromatic rings. The van der Waals surface area contributed by atoms with E-state index in [9.17, 15) is 9.59 Å². The zero-order chi connectivity index (χ0) is 15.6. The van der Waals surface area contributed by atoms with Crippen LogP contribution in [0.1, 0.15) is 37.7 Å². The van der Waals surface area contributed by atoms with Gasteiger partial charge in [0.2, 0.25) is 0 Å². The van der Waals surface area contributed by atoms with E-state index in [2.05, 4.69) is 5.32 Å². The number of aliphatic carboxylic acids is 1. The molecule has 1 aromatic carbocycles. The number of carboxylic acid groups (broad SMARTS) is 1. The molecule has 2 N–H and O–H groups in total. The molecule has 2 aliphatic carbocycles. The molecule has 0 bridgehead atoms. The molecular weight excluding hydrogens is 282 g/mol. The molecule has 2 aliphatic rings. The van der Waals surface area contributed by atoms with E-state index in [-0.39, 0.29) is 30.1 Å². The van der Waals surface area contributed by atoms with Crippen LogP contribution in [0.4, 0.5) is 4.79 Å². The predicted octanol–water partition coefficient (Wildman–Crippen LogP) is 2.95. The first kappa shape index (κ1) is 14.9. The van der Waals surface area contributed by atoms with Crippen LogP contribution in [0.5, 0.6) is 0 Å². The second kappa shape index (κ2) is 5.99. The minimum Gasteiger partial charge on any atom is -0.481 e. The van der Waals surface area contributed by atoms with Crippen molar-refractivity contribution in [3.05, 3.63) is 35.9 Å². The molecule has 0 radical (unpaired) electrons. The van der Waals surface area contributed by atoms with Crippen molar-refractivity contribution in [2.75, 3.05) is 0 Å². The fraction of sp³-hybridized carbons (Fsp3) is 0.529. The molecule has 3 rings (SSSR count). The summed E-state index contributed by atoms with van der Waals surface area (Å²) in [5, 5.41) is 11.9. The van der Waals surface area contributed by atoms with Crippen LogP contribution in [0.2, 0.25) is 0 Å². The van der Waals surface area contributed by atoms with Crippen LogP contribution < -0.4 is 5.32 Å². The molecule has 1 unspecified atom stereocenters. The lowest BCUT2D eigenvalue weighted by Crippen LogP contribution is -2.32. The molecular formula is C17H21NO4. The van der Waals surface area contributed by atoms with E-state index in [1.165, 1.54) is 0 Å². The first-order valence-electron chi connectivity index (χ1n) is 7.79. The molecule has 2 fully saturated rings. The molecule has 0 saturated heterocycles. The second-order valence-electron chi connectivity index (χ2n) is 6.44. The van der Waals surface area contributed by atoms with Gasteiger partial charge < -0.3 is 15.2 Å². The van der Waals surface area contributed by atoms with Crippen LogP contribution in [-0.2, 0) is 16.1 Å². The van der Waals surface area contributed by atoms with Gasteiger partial charge >= 0.3 is 12.1 Å². The standard InChI is InChI=1S/C17H21NO4/c19-15(20)13-6-8-17(9-7-13)10-14(17)18-16(21)22-11-12-4-2-1-3-5-12/h1-5,13-14H,6-11H2,(H,18,21)(H,19,20). The maximum Gasteiger partial charge on any atom is 0.407 e. The molecule has 1 atom stereocenters. The highest BCUT2D eigenvalue weighted by molar-refractivity contribution is 5.70. The Labute approximate surface area is 129 Å². The molecule has 1 amide bonds. The molecule has 2 saturated carbocycles. The number of amides is 1. The lowest BCUT2D eigenvalue weighted by molar-refractivity contribution is -0.143. The summed E-state index contributed by atoms with van der Waals surface area (Å²) >= 11 is 0. The summed E-state index contributed by atoms with van der Waals surface area (Å²) in [6.45, 7) is 0.271. The number of hydrogen-bond donors (Lipinski definition) is 2. The van der Waals surface area contributed by atoms with Crippen molar-refractivity contribution in [2.45, 2.75) is 44.8 Å². The van der Waals surface area contributed by atoms with E-state index in [0.29, 0.717) is 12.8 Å². The number of carbonyl (C=O) groups excluding carboxylic acids is 1. The molecule has 0 aromatic heterocycles. The van der Waals surface area contributed by atoms with Gasteiger partial charge in [-0.3, -0.25) is 4.79 Å². The molecule has 0 aliphatic heterocycles. The van der Waals surface area contributed by atoms with Crippen molar-refractivity contribution in [3.63, 3.8) is 0 Å². The number of benzene rings is 1. The van der Waals surface area contributed by atoms with E-state index in [1.54, 1.807) is 0 Å². The van der Waals surface area contributed by atoms with Crippen LogP contribution in [-0.4, -0.2) is 23.2 Å². The summed E-state index contributed by atoms with van der Waals surface area (Å²) < 4.78 is 5.23. The van der Waals surface area contributed by atoms with Crippen LogP contribution in [0, 0.1) is 11.3 Å². The van der Waals surface area contributed by atoms with Crippen LogP contribution in [0.15, 0.2) is 30.3 Å².